The zero-order chi connectivity index (χ0) is 9.10. The van der Waals surface area contributed by atoms with Crippen molar-refractivity contribution in [2.45, 2.75) is 18.9 Å². The summed E-state index contributed by atoms with van der Waals surface area (Å²) < 4.78 is 0. The van der Waals surface area contributed by atoms with Gasteiger partial charge in [0.1, 0.15) is 0 Å². The molecule has 1 aliphatic heterocycles. The Labute approximate surface area is 78.1 Å². The van der Waals surface area contributed by atoms with Crippen LogP contribution < -0.4 is 5.73 Å². The molecule has 0 amide bonds. The predicted molar refractivity (Wildman–Crippen MR) is 51.3 cm³/mol. The average Bonchev–Trinajstić information content (AvgIpc) is 2.71. The highest BCUT2D eigenvalue weighted by Crippen LogP contribution is 2.07. The van der Waals surface area contributed by atoms with Gasteiger partial charge in [-0.2, -0.15) is 0 Å². The van der Waals surface area contributed by atoms with Crippen molar-refractivity contribution in [3.05, 3.63) is 18.2 Å². The lowest BCUT2D eigenvalue weighted by Crippen LogP contribution is -2.28. The van der Waals surface area contributed by atoms with Gasteiger partial charge in [0, 0.05) is 37.4 Å². The van der Waals surface area contributed by atoms with Crippen molar-refractivity contribution in [2.24, 2.45) is 5.73 Å². The van der Waals surface area contributed by atoms with E-state index in [-0.39, 0.29) is 0 Å². The van der Waals surface area contributed by atoms with Crippen LogP contribution in [0.2, 0.25) is 0 Å². The maximum Gasteiger partial charge on any atom is 0.0921 e. The molecule has 0 spiro atoms. The van der Waals surface area contributed by atoms with Gasteiger partial charge in [-0.05, 0) is 13.0 Å². The van der Waals surface area contributed by atoms with Gasteiger partial charge in [0.05, 0.1) is 6.33 Å². The minimum atomic E-state index is 0.391. The van der Waals surface area contributed by atoms with Crippen molar-refractivity contribution < 1.29 is 0 Å². The number of imidazole rings is 1. The molecule has 0 radical (unpaired) electrons. The van der Waals surface area contributed by atoms with E-state index in [0.717, 1.165) is 32.5 Å². The van der Waals surface area contributed by atoms with Crippen LogP contribution in [0.15, 0.2) is 12.5 Å². The van der Waals surface area contributed by atoms with Gasteiger partial charge < -0.3 is 15.6 Å². The van der Waals surface area contributed by atoms with E-state index < -0.39 is 0 Å². The van der Waals surface area contributed by atoms with Crippen molar-refractivity contribution in [3.8, 4) is 0 Å². The number of rotatable bonds is 3. The third-order valence-electron chi connectivity index (χ3n) is 2.56. The van der Waals surface area contributed by atoms with Crippen LogP contribution in [-0.4, -0.2) is 40.5 Å². The predicted octanol–water partition coefficient (Wildman–Crippen LogP) is -0.0148. The van der Waals surface area contributed by atoms with Crippen LogP contribution in [0.25, 0.3) is 0 Å². The molecule has 0 bridgehead atoms. The van der Waals surface area contributed by atoms with E-state index in [0.29, 0.717) is 6.04 Å². The molecule has 0 aliphatic carbocycles. The first-order valence-electron chi connectivity index (χ1n) is 4.80. The quantitative estimate of drug-likeness (QED) is 0.687. The Hall–Kier alpha value is -0.870. The molecule has 2 heterocycles. The van der Waals surface area contributed by atoms with E-state index in [1.807, 2.05) is 6.20 Å². The largest absolute Gasteiger partial charge is 0.348 e. The van der Waals surface area contributed by atoms with E-state index >= 15 is 0 Å². The molecule has 1 atom stereocenters. The number of H-pyrrole nitrogens is 1. The molecule has 0 aromatic carbocycles. The summed E-state index contributed by atoms with van der Waals surface area (Å²) in [6, 6.07) is 0.391. The van der Waals surface area contributed by atoms with Crippen molar-refractivity contribution in [1.29, 1.82) is 0 Å². The SMILES string of the molecule is NC1CCN(CCc2cnc[nH]2)C1. The van der Waals surface area contributed by atoms with Crippen LogP contribution >= 0.6 is 0 Å². The number of nitrogens with two attached hydrogens (primary N) is 1. The van der Waals surface area contributed by atoms with Crippen molar-refractivity contribution >= 4 is 0 Å². The molecule has 13 heavy (non-hydrogen) atoms. The lowest BCUT2D eigenvalue weighted by atomic mass is 10.3. The number of hydrogen-bond acceptors (Lipinski definition) is 3. The zero-order valence-electron chi connectivity index (χ0n) is 7.74. The fourth-order valence-electron chi connectivity index (χ4n) is 1.77. The normalized spacial score (nSPS) is 23.9. The topological polar surface area (TPSA) is 57.9 Å². The van der Waals surface area contributed by atoms with E-state index in [2.05, 4.69) is 14.9 Å². The first kappa shape index (κ1) is 8.72. The van der Waals surface area contributed by atoms with Crippen molar-refractivity contribution in [3.63, 3.8) is 0 Å². The molecule has 72 valence electrons. The van der Waals surface area contributed by atoms with Crippen LogP contribution in [0.1, 0.15) is 12.1 Å². The molecule has 0 saturated carbocycles. The monoisotopic (exact) mass is 180 g/mol. The fraction of sp³-hybridized carbons (Fsp3) is 0.667. The second kappa shape index (κ2) is 3.89. The maximum absolute atomic E-state index is 5.81. The summed E-state index contributed by atoms with van der Waals surface area (Å²) >= 11 is 0. The van der Waals surface area contributed by atoms with E-state index in [1.165, 1.54) is 5.69 Å². The fourth-order valence-corrected chi connectivity index (χ4v) is 1.77. The van der Waals surface area contributed by atoms with Crippen LogP contribution in [0.3, 0.4) is 0 Å². The van der Waals surface area contributed by atoms with Gasteiger partial charge in [-0.1, -0.05) is 0 Å². The molecule has 1 saturated heterocycles. The molecule has 4 nitrogen and oxygen atoms in total. The summed E-state index contributed by atoms with van der Waals surface area (Å²) in [5.41, 5.74) is 7.02. The molecule has 1 fully saturated rings. The van der Waals surface area contributed by atoms with Gasteiger partial charge in [-0.3, -0.25) is 0 Å². The van der Waals surface area contributed by atoms with E-state index in [1.54, 1.807) is 6.33 Å². The third-order valence-corrected chi connectivity index (χ3v) is 2.56. The highest BCUT2D eigenvalue weighted by atomic mass is 15.2. The first-order valence-corrected chi connectivity index (χ1v) is 4.80. The smallest absolute Gasteiger partial charge is 0.0921 e. The summed E-state index contributed by atoms with van der Waals surface area (Å²) in [4.78, 5) is 9.50. The number of aromatic nitrogens is 2. The van der Waals surface area contributed by atoms with Crippen LogP contribution in [-0.2, 0) is 6.42 Å². The summed E-state index contributed by atoms with van der Waals surface area (Å²) in [5.74, 6) is 0. The molecule has 1 aromatic heterocycles. The highest BCUT2D eigenvalue weighted by Gasteiger charge is 2.18. The van der Waals surface area contributed by atoms with E-state index in [4.69, 9.17) is 5.73 Å². The molecule has 3 N–H and O–H groups in total. The van der Waals surface area contributed by atoms with Crippen LogP contribution in [0.4, 0.5) is 0 Å². The summed E-state index contributed by atoms with van der Waals surface area (Å²) in [6.45, 7) is 3.29. The molecule has 1 unspecified atom stereocenters. The second-order valence-corrected chi connectivity index (χ2v) is 3.68. The second-order valence-electron chi connectivity index (χ2n) is 3.68. The van der Waals surface area contributed by atoms with Crippen molar-refractivity contribution in [1.82, 2.24) is 14.9 Å². The lowest BCUT2D eigenvalue weighted by Gasteiger charge is -2.13. The van der Waals surface area contributed by atoms with Gasteiger partial charge >= 0.3 is 0 Å². The molecular weight excluding hydrogens is 164 g/mol. The third kappa shape index (κ3) is 2.29. The minimum absolute atomic E-state index is 0.391. The Kier molecular flexibility index (Phi) is 2.61. The zero-order valence-corrected chi connectivity index (χ0v) is 7.74. The van der Waals surface area contributed by atoms with Gasteiger partial charge in [-0.15, -0.1) is 0 Å². The van der Waals surface area contributed by atoms with Gasteiger partial charge in [0.15, 0.2) is 0 Å². The Morgan fingerprint density at radius 1 is 1.69 bits per heavy atom. The number of hydrogen-bond donors (Lipinski definition) is 2. The maximum atomic E-state index is 5.81. The Balaban J connectivity index is 1.74. The summed E-state index contributed by atoms with van der Waals surface area (Å²) in [7, 11) is 0. The minimum Gasteiger partial charge on any atom is -0.348 e. The Bertz CT molecular complexity index is 244. The van der Waals surface area contributed by atoms with Gasteiger partial charge in [0.25, 0.3) is 0 Å². The van der Waals surface area contributed by atoms with Crippen LogP contribution in [0.5, 0.6) is 0 Å². The van der Waals surface area contributed by atoms with Gasteiger partial charge in [0.2, 0.25) is 0 Å². The first-order chi connectivity index (χ1) is 6.34. The molecule has 1 aliphatic rings. The number of likely N-dealkylation sites (tertiary alicyclic amines) is 1. The molecule has 4 heteroatoms. The van der Waals surface area contributed by atoms with E-state index in [9.17, 15) is 0 Å². The summed E-state index contributed by atoms with van der Waals surface area (Å²) in [6.07, 6.45) is 5.80. The Morgan fingerprint density at radius 3 is 3.23 bits per heavy atom. The molecule has 1 aromatic rings. The molecular formula is C9H16N4. The standard InChI is InChI=1S/C9H16N4/c10-8-1-3-13(6-8)4-2-9-5-11-7-12-9/h5,7-8H,1-4,6,10H2,(H,11,12). The van der Waals surface area contributed by atoms with Crippen molar-refractivity contribution in [2.75, 3.05) is 19.6 Å². The number of aromatic amines is 1. The summed E-state index contributed by atoms with van der Waals surface area (Å²) in [5, 5.41) is 0. The number of nitrogens with one attached hydrogen (secondary N) is 1. The van der Waals surface area contributed by atoms with Gasteiger partial charge in [-0.25, -0.2) is 4.98 Å². The Morgan fingerprint density at radius 2 is 2.62 bits per heavy atom. The number of nitrogens with zero attached hydrogens (tertiary/aromatic N) is 2. The molecule has 2 rings (SSSR count). The highest BCUT2D eigenvalue weighted by molar-refractivity contribution is 4.95. The average molecular weight is 180 g/mol. The van der Waals surface area contributed by atoms with Crippen LogP contribution in [0, 0.1) is 0 Å². The lowest BCUT2D eigenvalue weighted by molar-refractivity contribution is 0.338.